The molecule has 0 unspecified atom stereocenters. The molecule has 2 aromatic rings. The van der Waals surface area contributed by atoms with Crippen molar-refractivity contribution in [3.05, 3.63) is 59.7 Å². The average Bonchev–Trinajstić information content (AvgIpc) is 2.71. The molecule has 8 nitrogen and oxygen atoms in total. The van der Waals surface area contributed by atoms with Gasteiger partial charge in [0.25, 0.3) is 5.91 Å². The van der Waals surface area contributed by atoms with E-state index in [0.717, 1.165) is 0 Å². The molecule has 2 aromatic carbocycles. The van der Waals surface area contributed by atoms with Crippen molar-refractivity contribution in [2.45, 2.75) is 56.5 Å². The topological polar surface area (TPSA) is 113 Å². The Labute approximate surface area is 191 Å². The zero-order valence-corrected chi connectivity index (χ0v) is 20.7. The van der Waals surface area contributed by atoms with Crippen LogP contribution in [-0.4, -0.2) is 45.7 Å². The highest BCUT2D eigenvalue weighted by atomic mass is 32.2. The molecule has 0 aromatic heterocycles. The molecule has 32 heavy (non-hydrogen) atoms. The van der Waals surface area contributed by atoms with Gasteiger partial charge in [-0.2, -0.15) is 4.31 Å². The molecule has 0 bridgehead atoms. The molecule has 2 rings (SSSR count). The zero-order chi connectivity index (χ0) is 24.2. The highest BCUT2D eigenvalue weighted by molar-refractivity contribution is 7.89. The highest BCUT2D eigenvalue weighted by Gasteiger charge is 2.25. The first-order valence-electron chi connectivity index (χ1n) is 10.3. The third-order valence-corrected chi connectivity index (χ3v) is 8.52. The van der Waals surface area contributed by atoms with Crippen molar-refractivity contribution in [2.24, 2.45) is 0 Å². The molecular weight excluding hydrogens is 450 g/mol. The van der Waals surface area contributed by atoms with E-state index in [2.05, 4.69) is 10.0 Å². The Bertz CT molecular complexity index is 1150. The van der Waals surface area contributed by atoms with Crippen LogP contribution >= 0.6 is 0 Å². The van der Waals surface area contributed by atoms with Crippen LogP contribution in [0.3, 0.4) is 0 Å². The summed E-state index contributed by atoms with van der Waals surface area (Å²) < 4.78 is 54.6. The fourth-order valence-electron chi connectivity index (χ4n) is 3.14. The van der Waals surface area contributed by atoms with Gasteiger partial charge in [-0.1, -0.05) is 32.0 Å². The van der Waals surface area contributed by atoms with Gasteiger partial charge in [0.1, 0.15) is 0 Å². The van der Waals surface area contributed by atoms with Gasteiger partial charge >= 0.3 is 0 Å². The molecule has 0 saturated carbocycles. The molecule has 0 aliphatic rings. The third kappa shape index (κ3) is 6.38. The van der Waals surface area contributed by atoms with Crippen molar-refractivity contribution < 1.29 is 21.6 Å². The van der Waals surface area contributed by atoms with Crippen molar-refractivity contribution >= 4 is 26.0 Å². The van der Waals surface area contributed by atoms with E-state index < -0.39 is 31.5 Å². The number of amides is 1. The molecule has 1 amide bonds. The van der Waals surface area contributed by atoms with E-state index in [1.807, 2.05) is 0 Å². The Morgan fingerprint density at radius 1 is 0.906 bits per heavy atom. The lowest BCUT2D eigenvalue weighted by molar-refractivity contribution is 0.0950. The second kappa shape index (κ2) is 10.1. The number of benzene rings is 2. The quantitative estimate of drug-likeness (QED) is 0.572. The molecule has 0 aliphatic carbocycles. The Balaban J connectivity index is 2.18. The van der Waals surface area contributed by atoms with Crippen LogP contribution in [0.4, 0.5) is 0 Å². The van der Waals surface area contributed by atoms with Gasteiger partial charge in [-0.15, -0.1) is 0 Å². The monoisotopic (exact) mass is 481 g/mol. The Morgan fingerprint density at radius 3 is 2.00 bits per heavy atom. The lowest BCUT2D eigenvalue weighted by atomic mass is 10.1. The van der Waals surface area contributed by atoms with Crippen LogP contribution in [0.2, 0.25) is 0 Å². The van der Waals surface area contributed by atoms with E-state index >= 15 is 0 Å². The summed E-state index contributed by atoms with van der Waals surface area (Å²) in [6.45, 7) is 9.48. The van der Waals surface area contributed by atoms with Crippen molar-refractivity contribution in [3.63, 3.8) is 0 Å². The van der Waals surface area contributed by atoms with Gasteiger partial charge in [-0.25, -0.2) is 21.6 Å². The number of rotatable bonds is 9. The van der Waals surface area contributed by atoms with Gasteiger partial charge in [-0.05, 0) is 56.7 Å². The Kier molecular flexibility index (Phi) is 8.22. The standard InChI is InChI=1S/C22H31N3O5S2/c1-6-25(7-2)32(29,30)19-14-12-17(13-15-19)21(26)23-16-18-10-8-9-11-20(18)31(27,28)24-22(3,4)5/h8-15,24H,6-7,16H2,1-5H3,(H,23,26). The molecule has 0 saturated heterocycles. The summed E-state index contributed by atoms with van der Waals surface area (Å²) in [5.74, 6) is -0.437. The minimum atomic E-state index is -3.77. The van der Waals surface area contributed by atoms with Crippen molar-refractivity contribution in [3.8, 4) is 0 Å². The van der Waals surface area contributed by atoms with Crippen LogP contribution in [0.5, 0.6) is 0 Å². The van der Waals surface area contributed by atoms with Gasteiger partial charge in [-0.3, -0.25) is 4.79 Å². The predicted octanol–water partition coefficient (Wildman–Crippen LogP) is 2.72. The SMILES string of the molecule is CCN(CC)S(=O)(=O)c1ccc(C(=O)NCc2ccccc2S(=O)(=O)NC(C)(C)C)cc1. The van der Waals surface area contributed by atoms with Gasteiger partial charge < -0.3 is 5.32 Å². The summed E-state index contributed by atoms with van der Waals surface area (Å²) >= 11 is 0. The van der Waals surface area contributed by atoms with Crippen LogP contribution < -0.4 is 10.0 Å². The molecule has 2 N–H and O–H groups in total. The van der Waals surface area contributed by atoms with E-state index in [0.29, 0.717) is 18.7 Å². The lowest BCUT2D eigenvalue weighted by Gasteiger charge is -2.21. The van der Waals surface area contributed by atoms with Crippen molar-refractivity contribution in [2.75, 3.05) is 13.1 Å². The van der Waals surface area contributed by atoms with E-state index in [1.165, 1.54) is 34.6 Å². The minimum absolute atomic E-state index is 0.000440. The average molecular weight is 482 g/mol. The summed E-state index contributed by atoms with van der Waals surface area (Å²) in [4.78, 5) is 12.8. The van der Waals surface area contributed by atoms with E-state index in [-0.39, 0.29) is 21.9 Å². The van der Waals surface area contributed by atoms with Crippen LogP contribution in [-0.2, 0) is 26.6 Å². The van der Waals surface area contributed by atoms with Crippen LogP contribution in [0.25, 0.3) is 0 Å². The maximum atomic E-state index is 12.7. The fourth-order valence-corrected chi connectivity index (χ4v) is 6.26. The molecular formula is C22H31N3O5S2. The number of carbonyl (C=O) groups excluding carboxylic acids is 1. The summed E-state index contributed by atoms with van der Waals surface area (Å²) in [7, 11) is -7.38. The first-order chi connectivity index (χ1) is 14.8. The molecule has 0 atom stereocenters. The summed E-state index contributed by atoms with van der Waals surface area (Å²) in [5.41, 5.74) is 0.0672. The maximum Gasteiger partial charge on any atom is 0.251 e. The van der Waals surface area contributed by atoms with Crippen molar-refractivity contribution in [1.29, 1.82) is 0 Å². The van der Waals surface area contributed by atoms with Crippen LogP contribution in [0, 0.1) is 0 Å². The molecule has 0 radical (unpaired) electrons. The van der Waals surface area contributed by atoms with Gasteiger partial charge in [0, 0.05) is 30.7 Å². The van der Waals surface area contributed by atoms with E-state index in [1.54, 1.807) is 52.8 Å². The van der Waals surface area contributed by atoms with E-state index in [4.69, 9.17) is 0 Å². The Morgan fingerprint density at radius 2 is 1.47 bits per heavy atom. The summed E-state index contributed by atoms with van der Waals surface area (Å²) in [5, 5.41) is 2.70. The lowest BCUT2D eigenvalue weighted by Crippen LogP contribution is -2.41. The first-order valence-corrected chi connectivity index (χ1v) is 13.2. The molecule has 0 spiro atoms. The van der Waals surface area contributed by atoms with Crippen molar-refractivity contribution in [1.82, 2.24) is 14.3 Å². The maximum absolute atomic E-state index is 12.7. The molecule has 10 heteroatoms. The third-order valence-electron chi connectivity index (χ3n) is 4.60. The summed E-state index contributed by atoms with van der Waals surface area (Å²) in [6.07, 6.45) is 0. The summed E-state index contributed by atoms with van der Waals surface area (Å²) in [6, 6.07) is 12.1. The molecule has 0 fully saturated rings. The molecule has 0 aliphatic heterocycles. The van der Waals surface area contributed by atoms with Crippen LogP contribution in [0.1, 0.15) is 50.5 Å². The first kappa shape index (κ1) is 26.0. The van der Waals surface area contributed by atoms with E-state index in [9.17, 15) is 21.6 Å². The number of nitrogens with zero attached hydrogens (tertiary/aromatic N) is 1. The van der Waals surface area contributed by atoms with Gasteiger partial charge in [0.05, 0.1) is 9.79 Å². The second-order valence-corrected chi connectivity index (χ2v) is 11.8. The number of nitrogens with one attached hydrogen (secondary N) is 2. The normalized spacial score (nSPS) is 12.7. The number of hydrogen-bond donors (Lipinski definition) is 2. The van der Waals surface area contributed by atoms with Crippen LogP contribution in [0.15, 0.2) is 58.3 Å². The number of carbonyl (C=O) groups is 1. The fraction of sp³-hybridized carbons (Fsp3) is 0.409. The molecule has 176 valence electrons. The predicted molar refractivity (Wildman–Crippen MR) is 124 cm³/mol. The highest BCUT2D eigenvalue weighted by Crippen LogP contribution is 2.19. The number of sulfonamides is 2. The Hall–Kier alpha value is -2.27. The second-order valence-electron chi connectivity index (χ2n) is 8.26. The van der Waals surface area contributed by atoms with Gasteiger partial charge in [0.15, 0.2) is 0 Å². The molecule has 0 heterocycles. The van der Waals surface area contributed by atoms with Gasteiger partial charge in [0.2, 0.25) is 20.0 Å². The largest absolute Gasteiger partial charge is 0.348 e. The zero-order valence-electron chi connectivity index (χ0n) is 19.0. The minimum Gasteiger partial charge on any atom is -0.348 e. The number of hydrogen-bond acceptors (Lipinski definition) is 5. The smallest absolute Gasteiger partial charge is 0.251 e.